The number of carbonyl (C=O) groups is 1. The van der Waals surface area contributed by atoms with E-state index in [1.807, 2.05) is 53.2 Å². The molecule has 0 bridgehead atoms. The predicted molar refractivity (Wildman–Crippen MR) is 106 cm³/mol. The zero-order valence-corrected chi connectivity index (χ0v) is 15.6. The number of nitrogens with one attached hydrogen (secondary N) is 1. The highest BCUT2D eigenvalue weighted by Crippen LogP contribution is 2.43. The summed E-state index contributed by atoms with van der Waals surface area (Å²) in [5.74, 6) is 2.85. The number of rotatable bonds is 2. The summed E-state index contributed by atoms with van der Waals surface area (Å²) in [5, 5.41) is 8.15. The van der Waals surface area contributed by atoms with Crippen molar-refractivity contribution in [1.29, 1.82) is 0 Å². The van der Waals surface area contributed by atoms with Crippen molar-refractivity contribution >= 4 is 11.7 Å². The van der Waals surface area contributed by atoms with Crippen LogP contribution in [0, 0.1) is 0 Å². The van der Waals surface area contributed by atoms with Crippen LogP contribution in [0.1, 0.15) is 30.9 Å². The van der Waals surface area contributed by atoms with Gasteiger partial charge in [0.1, 0.15) is 6.04 Å². The fourth-order valence-electron chi connectivity index (χ4n) is 4.26. The second kappa shape index (κ2) is 6.20. The summed E-state index contributed by atoms with van der Waals surface area (Å²) in [4.78, 5) is 17.6. The summed E-state index contributed by atoms with van der Waals surface area (Å²) in [6, 6.07) is 15.3. The van der Waals surface area contributed by atoms with Crippen LogP contribution in [0.15, 0.2) is 59.8 Å². The molecule has 2 aromatic carbocycles. The quantitative estimate of drug-likeness (QED) is 0.724. The fourth-order valence-corrected chi connectivity index (χ4v) is 4.26. The summed E-state index contributed by atoms with van der Waals surface area (Å²) in [6.07, 6.45) is 2.23. The fraction of sp³-hybridized carbons (Fsp3) is 0.227. The third kappa shape index (κ3) is 2.54. The second-order valence-corrected chi connectivity index (χ2v) is 7.38. The van der Waals surface area contributed by atoms with Gasteiger partial charge in [-0.1, -0.05) is 36.4 Å². The summed E-state index contributed by atoms with van der Waals surface area (Å²) in [5.41, 5.74) is 3.59. The minimum absolute atomic E-state index is 0.156. The van der Waals surface area contributed by atoms with E-state index in [0.29, 0.717) is 23.9 Å². The van der Waals surface area contributed by atoms with Gasteiger partial charge in [-0.2, -0.15) is 4.98 Å². The van der Waals surface area contributed by atoms with Crippen LogP contribution in [0.25, 0.3) is 11.4 Å². The Kier molecular flexibility index (Phi) is 3.50. The molecule has 7 nitrogen and oxygen atoms in total. The molecule has 7 heteroatoms. The molecule has 1 atom stereocenters. The van der Waals surface area contributed by atoms with Crippen molar-refractivity contribution in [3.8, 4) is 22.9 Å². The number of ether oxygens (including phenoxy) is 2. The van der Waals surface area contributed by atoms with Crippen LogP contribution in [0.3, 0.4) is 0 Å². The molecule has 0 amide bonds. The van der Waals surface area contributed by atoms with E-state index >= 15 is 0 Å². The molecule has 0 saturated heterocycles. The Hall–Kier alpha value is -3.61. The molecule has 3 heterocycles. The van der Waals surface area contributed by atoms with Gasteiger partial charge in [-0.15, -0.1) is 5.10 Å². The van der Waals surface area contributed by atoms with E-state index in [1.54, 1.807) is 0 Å². The first-order chi connectivity index (χ1) is 14.3. The summed E-state index contributed by atoms with van der Waals surface area (Å²) >= 11 is 0. The molecule has 1 aliphatic carbocycles. The van der Waals surface area contributed by atoms with Crippen molar-refractivity contribution in [3.63, 3.8) is 0 Å². The average molecular weight is 386 g/mol. The lowest BCUT2D eigenvalue weighted by atomic mass is 9.85. The minimum Gasteiger partial charge on any atom is -0.454 e. The zero-order valence-electron chi connectivity index (χ0n) is 15.6. The number of aromatic nitrogens is 3. The van der Waals surface area contributed by atoms with Gasteiger partial charge in [-0.25, -0.2) is 4.68 Å². The van der Waals surface area contributed by atoms with E-state index in [0.717, 1.165) is 41.0 Å². The van der Waals surface area contributed by atoms with Gasteiger partial charge in [-0.05, 0) is 30.5 Å². The number of carbonyl (C=O) groups excluding carboxylic acids is 1. The maximum Gasteiger partial charge on any atom is 0.231 e. The molecule has 0 fully saturated rings. The number of hydrogen-bond acceptors (Lipinski definition) is 6. The number of Topliss-reactive ketones (excluding diaryl/α,β-unsaturated/α-hetero) is 1. The van der Waals surface area contributed by atoms with Gasteiger partial charge in [0.25, 0.3) is 0 Å². The molecular formula is C22H18N4O3. The van der Waals surface area contributed by atoms with E-state index in [4.69, 9.17) is 19.6 Å². The standard InChI is InChI=1S/C22H18N4O3/c27-16-8-4-7-15-19(16)20(14-9-10-17-18(11-14)29-12-28-17)26-22(23-15)24-21(25-26)13-5-2-1-3-6-13/h1-3,5-6,9-11,20H,4,7-8,12H2,(H,23,24,25). The van der Waals surface area contributed by atoms with Crippen molar-refractivity contribution in [1.82, 2.24) is 14.8 Å². The van der Waals surface area contributed by atoms with E-state index in [2.05, 4.69) is 5.32 Å². The molecule has 0 spiro atoms. The van der Waals surface area contributed by atoms with Gasteiger partial charge < -0.3 is 14.8 Å². The third-order valence-electron chi connectivity index (χ3n) is 5.61. The van der Waals surface area contributed by atoms with Gasteiger partial charge in [0, 0.05) is 23.3 Å². The summed E-state index contributed by atoms with van der Waals surface area (Å²) in [7, 11) is 0. The molecule has 2 aliphatic heterocycles. The first-order valence-electron chi connectivity index (χ1n) is 9.73. The topological polar surface area (TPSA) is 78.3 Å². The number of hydrogen-bond donors (Lipinski definition) is 1. The lowest BCUT2D eigenvalue weighted by Crippen LogP contribution is -2.31. The predicted octanol–water partition coefficient (Wildman–Crippen LogP) is 3.70. The first kappa shape index (κ1) is 16.4. The number of anilines is 1. The molecule has 144 valence electrons. The molecule has 3 aromatic rings. The zero-order chi connectivity index (χ0) is 19.4. The Balaban J connectivity index is 1.53. The van der Waals surface area contributed by atoms with Crippen LogP contribution in [0.2, 0.25) is 0 Å². The van der Waals surface area contributed by atoms with Crippen molar-refractivity contribution in [2.45, 2.75) is 25.3 Å². The maximum absolute atomic E-state index is 12.9. The third-order valence-corrected chi connectivity index (χ3v) is 5.61. The summed E-state index contributed by atoms with van der Waals surface area (Å²) in [6.45, 7) is 0.213. The highest BCUT2D eigenvalue weighted by molar-refractivity contribution is 5.99. The maximum atomic E-state index is 12.9. The van der Waals surface area contributed by atoms with Crippen LogP contribution in [-0.2, 0) is 4.79 Å². The normalized spacial score (nSPS) is 19.6. The molecule has 6 rings (SSSR count). The van der Waals surface area contributed by atoms with Crippen LogP contribution in [0.4, 0.5) is 5.95 Å². The van der Waals surface area contributed by atoms with Gasteiger partial charge in [0.05, 0.1) is 0 Å². The molecule has 1 N–H and O–H groups in total. The number of ketones is 1. The van der Waals surface area contributed by atoms with Crippen molar-refractivity contribution in [2.24, 2.45) is 0 Å². The molecule has 1 aromatic heterocycles. The van der Waals surface area contributed by atoms with E-state index in [-0.39, 0.29) is 18.6 Å². The van der Waals surface area contributed by atoms with Crippen molar-refractivity contribution < 1.29 is 14.3 Å². The molecule has 0 saturated carbocycles. The van der Waals surface area contributed by atoms with Crippen molar-refractivity contribution in [3.05, 3.63) is 65.4 Å². The van der Waals surface area contributed by atoms with Crippen LogP contribution >= 0.6 is 0 Å². The average Bonchev–Trinajstić information content (AvgIpc) is 3.39. The van der Waals surface area contributed by atoms with E-state index in [1.165, 1.54) is 0 Å². The van der Waals surface area contributed by atoms with Crippen LogP contribution in [0.5, 0.6) is 11.5 Å². The van der Waals surface area contributed by atoms with Crippen LogP contribution < -0.4 is 14.8 Å². The lowest BCUT2D eigenvalue weighted by molar-refractivity contribution is -0.116. The Bertz CT molecular complexity index is 1170. The van der Waals surface area contributed by atoms with Gasteiger partial charge in [0.15, 0.2) is 23.1 Å². The molecule has 29 heavy (non-hydrogen) atoms. The number of benzene rings is 2. The lowest BCUT2D eigenvalue weighted by Gasteiger charge is -2.32. The molecule has 0 radical (unpaired) electrons. The first-order valence-corrected chi connectivity index (χ1v) is 9.73. The van der Waals surface area contributed by atoms with Gasteiger partial charge >= 0.3 is 0 Å². The minimum atomic E-state index is -0.339. The van der Waals surface area contributed by atoms with E-state index < -0.39 is 0 Å². The number of nitrogens with zero attached hydrogens (tertiary/aromatic N) is 3. The number of fused-ring (bicyclic) bond motifs is 2. The van der Waals surface area contributed by atoms with Crippen LogP contribution in [-0.4, -0.2) is 27.3 Å². The smallest absolute Gasteiger partial charge is 0.231 e. The van der Waals surface area contributed by atoms with E-state index in [9.17, 15) is 4.79 Å². The largest absolute Gasteiger partial charge is 0.454 e. The Morgan fingerprint density at radius 3 is 2.79 bits per heavy atom. The summed E-state index contributed by atoms with van der Waals surface area (Å²) < 4.78 is 12.8. The van der Waals surface area contributed by atoms with Gasteiger partial charge in [-0.3, -0.25) is 4.79 Å². The Morgan fingerprint density at radius 2 is 1.90 bits per heavy atom. The SMILES string of the molecule is O=C1CCCC2=C1C(c1ccc3c(c1)OCO3)n1nc(-c3ccccc3)nc1N2. The Morgan fingerprint density at radius 1 is 1.03 bits per heavy atom. The molecule has 1 unspecified atom stereocenters. The van der Waals surface area contributed by atoms with Gasteiger partial charge in [0.2, 0.25) is 12.7 Å². The highest BCUT2D eigenvalue weighted by atomic mass is 16.7. The van der Waals surface area contributed by atoms with Crippen molar-refractivity contribution in [2.75, 3.05) is 12.1 Å². The monoisotopic (exact) mass is 386 g/mol. The molecule has 3 aliphatic rings. The molecular weight excluding hydrogens is 368 g/mol. The second-order valence-electron chi connectivity index (χ2n) is 7.38. The highest BCUT2D eigenvalue weighted by Gasteiger charge is 2.37. The number of allylic oxidation sites excluding steroid dienone is 2. The Labute approximate surface area is 167 Å².